The molecule has 25 heavy (non-hydrogen) atoms. The minimum atomic E-state index is -0.522. The van der Waals surface area contributed by atoms with Crippen LogP contribution in [0.2, 0.25) is 0 Å². The van der Waals surface area contributed by atoms with Crippen LogP contribution in [0, 0.1) is 21.4 Å². The minimum absolute atomic E-state index is 0.162. The highest BCUT2D eigenvalue weighted by atomic mass is 16.6. The number of nitrogens with zero attached hydrogens (tertiary/aromatic N) is 3. The number of nitro benzene ring substituents is 1. The average molecular weight is 340 g/mol. The summed E-state index contributed by atoms with van der Waals surface area (Å²) >= 11 is 0. The number of nitro groups is 1. The summed E-state index contributed by atoms with van der Waals surface area (Å²) in [7, 11) is 0. The number of carbonyl (C=O) groups excluding carboxylic acids is 1. The maximum atomic E-state index is 12.5. The van der Waals surface area contributed by atoms with Gasteiger partial charge in [0.1, 0.15) is 17.5 Å². The van der Waals surface area contributed by atoms with Crippen LogP contribution in [-0.2, 0) is 11.3 Å². The van der Waals surface area contributed by atoms with Crippen LogP contribution in [0.5, 0.6) is 0 Å². The van der Waals surface area contributed by atoms with E-state index in [0.717, 1.165) is 6.42 Å². The fraction of sp³-hybridized carbons (Fsp3) is 0.294. The summed E-state index contributed by atoms with van der Waals surface area (Å²) in [4.78, 5) is 25.1. The van der Waals surface area contributed by atoms with E-state index in [-0.39, 0.29) is 23.7 Å². The lowest BCUT2D eigenvalue weighted by molar-refractivity contribution is -0.384. The van der Waals surface area contributed by atoms with Gasteiger partial charge in [-0.25, -0.2) is 0 Å². The van der Waals surface area contributed by atoms with Crippen LogP contribution in [0.15, 0.2) is 41.0 Å². The SMILES string of the molecule is N#Cc1ccc(N2CCC[C@@H]2C(=O)NCc2ccco2)c([N+](=O)[O-])c1. The smallest absolute Gasteiger partial charge is 0.293 e. The number of nitriles is 1. The quantitative estimate of drug-likeness (QED) is 0.660. The second-order valence-corrected chi connectivity index (χ2v) is 5.72. The molecule has 1 aliphatic rings. The van der Waals surface area contributed by atoms with E-state index < -0.39 is 11.0 Å². The van der Waals surface area contributed by atoms with E-state index in [2.05, 4.69) is 5.32 Å². The Kier molecular flexibility index (Phi) is 4.66. The van der Waals surface area contributed by atoms with E-state index in [0.29, 0.717) is 24.4 Å². The van der Waals surface area contributed by atoms with E-state index in [1.165, 1.54) is 24.5 Å². The minimum Gasteiger partial charge on any atom is -0.467 e. The second-order valence-electron chi connectivity index (χ2n) is 5.72. The number of benzene rings is 1. The Hall–Kier alpha value is -3.34. The Morgan fingerprint density at radius 1 is 1.48 bits per heavy atom. The van der Waals surface area contributed by atoms with Crippen LogP contribution < -0.4 is 10.2 Å². The molecule has 1 saturated heterocycles. The number of rotatable bonds is 5. The Balaban J connectivity index is 1.80. The van der Waals surface area contributed by atoms with Crippen LogP contribution in [0.25, 0.3) is 0 Å². The highest BCUT2D eigenvalue weighted by Crippen LogP contribution is 2.34. The van der Waals surface area contributed by atoms with Crippen molar-refractivity contribution in [2.75, 3.05) is 11.4 Å². The summed E-state index contributed by atoms with van der Waals surface area (Å²) in [6, 6.07) is 9.22. The fourth-order valence-electron chi connectivity index (χ4n) is 3.01. The molecule has 0 spiro atoms. The number of carbonyl (C=O) groups is 1. The molecule has 0 saturated carbocycles. The molecule has 2 heterocycles. The molecule has 1 amide bonds. The van der Waals surface area contributed by atoms with Crippen LogP contribution >= 0.6 is 0 Å². The molecule has 8 nitrogen and oxygen atoms in total. The van der Waals surface area contributed by atoms with Gasteiger partial charge in [-0.15, -0.1) is 0 Å². The van der Waals surface area contributed by atoms with Gasteiger partial charge in [0.2, 0.25) is 5.91 Å². The van der Waals surface area contributed by atoms with Gasteiger partial charge >= 0.3 is 0 Å². The fourth-order valence-corrected chi connectivity index (χ4v) is 3.01. The van der Waals surface area contributed by atoms with Gasteiger partial charge in [0.05, 0.1) is 29.4 Å². The van der Waals surface area contributed by atoms with Crippen molar-refractivity contribution in [1.82, 2.24) is 5.32 Å². The molecule has 0 unspecified atom stereocenters. The van der Waals surface area contributed by atoms with Crippen LogP contribution in [-0.4, -0.2) is 23.4 Å². The maximum Gasteiger partial charge on any atom is 0.293 e. The predicted octanol–water partition coefficient (Wildman–Crippen LogP) is 2.34. The maximum absolute atomic E-state index is 12.5. The van der Waals surface area contributed by atoms with Crippen LogP contribution in [0.4, 0.5) is 11.4 Å². The van der Waals surface area contributed by atoms with Crippen molar-refractivity contribution in [3.63, 3.8) is 0 Å². The molecule has 1 aromatic heterocycles. The first-order valence-electron chi connectivity index (χ1n) is 7.85. The van der Waals surface area contributed by atoms with Gasteiger partial charge < -0.3 is 14.6 Å². The number of furan rings is 1. The summed E-state index contributed by atoms with van der Waals surface area (Å²) in [6.07, 6.45) is 2.90. The molecule has 1 N–H and O–H groups in total. The third-order valence-electron chi connectivity index (χ3n) is 4.18. The molecular weight excluding hydrogens is 324 g/mol. The number of nitrogens with one attached hydrogen (secondary N) is 1. The number of amides is 1. The van der Waals surface area contributed by atoms with Crippen molar-refractivity contribution in [1.29, 1.82) is 5.26 Å². The molecule has 1 atom stereocenters. The van der Waals surface area contributed by atoms with Crippen LogP contribution in [0.3, 0.4) is 0 Å². The molecule has 2 aromatic rings. The highest BCUT2D eigenvalue weighted by Gasteiger charge is 2.34. The summed E-state index contributed by atoms with van der Waals surface area (Å²) < 4.78 is 5.19. The Labute approximate surface area is 143 Å². The van der Waals surface area contributed by atoms with Crippen molar-refractivity contribution < 1.29 is 14.1 Å². The van der Waals surface area contributed by atoms with Crippen molar-refractivity contribution >= 4 is 17.3 Å². The Bertz CT molecular complexity index is 826. The standard InChI is InChI=1S/C17H16N4O4/c18-10-12-5-6-14(16(9-12)21(23)24)20-7-1-4-15(20)17(22)19-11-13-3-2-8-25-13/h2-3,5-6,8-9,15H,1,4,7,11H2,(H,19,22)/t15-/m1/s1. The summed E-state index contributed by atoms with van der Waals surface area (Å²) in [5.41, 5.74) is 0.415. The highest BCUT2D eigenvalue weighted by molar-refractivity contribution is 5.87. The Morgan fingerprint density at radius 2 is 2.32 bits per heavy atom. The van der Waals surface area contributed by atoms with Gasteiger partial charge in [-0.2, -0.15) is 5.26 Å². The molecule has 0 radical (unpaired) electrons. The van der Waals surface area contributed by atoms with E-state index in [1.54, 1.807) is 17.0 Å². The molecule has 3 rings (SSSR count). The number of hydrogen-bond donors (Lipinski definition) is 1. The molecule has 0 bridgehead atoms. The average Bonchev–Trinajstić information content (AvgIpc) is 3.30. The van der Waals surface area contributed by atoms with E-state index in [9.17, 15) is 14.9 Å². The van der Waals surface area contributed by atoms with Crippen LogP contribution in [0.1, 0.15) is 24.2 Å². The van der Waals surface area contributed by atoms with E-state index in [1.807, 2.05) is 6.07 Å². The number of hydrogen-bond acceptors (Lipinski definition) is 6. The van der Waals surface area contributed by atoms with Gasteiger partial charge in [0.25, 0.3) is 5.69 Å². The molecule has 8 heteroatoms. The molecule has 1 aromatic carbocycles. The first kappa shape index (κ1) is 16.5. The molecular formula is C17H16N4O4. The van der Waals surface area contributed by atoms with Crippen molar-refractivity contribution in [3.8, 4) is 6.07 Å². The number of anilines is 1. The van der Waals surface area contributed by atoms with E-state index >= 15 is 0 Å². The first-order valence-corrected chi connectivity index (χ1v) is 7.85. The molecule has 1 fully saturated rings. The zero-order valence-corrected chi connectivity index (χ0v) is 13.3. The van der Waals surface area contributed by atoms with Crippen molar-refractivity contribution in [3.05, 3.63) is 58.0 Å². The van der Waals surface area contributed by atoms with Crippen molar-refractivity contribution in [2.45, 2.75) is 25.4 Å². The lowest BCUT2D eigenvalue weighted by Gasteiger charge is -2.25. The zero-order valence-electron chi connectivity index (χ0n) is 13.3. The third-order valence-corrected chi connectivity index (χ3v) is 4.18. The summed E-state index contributed by atoms with van der Waals surface area (Å²) in [5.74, 6) is 0.440. The molecule has 0 aliphatic carbocycles. The molecule has 1 aliphatic heterocycles. The normalized spacial score (nSPS) is 16.4. The molecule has 128 valence electrons. The first-order chi connectivity index (χ1) is 12.1. The van der Waals surface area contributed by atoms with Gasteiger partial charge in [0, 0.05) is 12.6 Å². The third kappa shape index (κ3) is 3.45. The predicted molar refractivity (Wildman–Crippen MR) is 88.7 cm³/mol. The lowest BCUT2D eigenvalue weighted by atomic mass is 10.1. The van der Waals surface area contributed by atoms with Gasteiger partial charge in [-0.1, -0.05) is 0 Å². The summed E-state index contributed by atoms with van der Waals surface area (Å²) in [6.45, 7) is 0.817. The van der Waals surface area contributed by atoms with Crippen molar-refractivity contribution in [2.24, 2.45) is 0 Å². The summed E-state index contributed by atoms with van der Waals surface area (Å²) in [5, 5.41) is 23.1. The lowest BCUT2D eigenvalue weighted by Crippen LogP contribution is -2.43. The monoisotopic (exact) mass is 340 g/mol. The zero-order chi connectivity index (χ0) is 17.8. The Morgan fingerprint density at radius 3 is 3.00 bits per heavy atom. The van der Waals surface area contributed by atoms with Gasteiger partial charge in [-0.3, -0.25) is 14.9 Å². The largest absolute Gasteiger partial charge is 0.467 e. The topological polar surface area (TPSA) is 112 Å². The van der Waals surface area contributed by atoms with Gasteiger partial charge in [-0.05, 0) is 37.1 Å². The van der Waals surface area contributed by atoms with E-state index in [4.69, 9.17) is 9.68 Å². The van der Waals surface area contributed by atoms with Gasteiger partial charge in [0.15, 0.2) is 0 Å². The second kappa shape index (κ2) is 7.05.